The predicted molar refractivity (Wildman–Crippen MR) is 85.4 cm³/mol. The quantitative estimate of drug-likeness (QED) is 0.501. The fraction of sp³-hybridized carbons (Fsp3) is 0.895. The zero-order valence-corrected chi connectivity index (χ0v) is 13.4. The maximum absolute atomic E-state index is 12.1. The van der Waals surface area contributed by atoms with Gasteiger partial charge in [0.2, 0.25) is 0 Å². The molecular formula is C19H33F. The molecule has 1 heteroatoms. The summed E-state index contributed by atoms with van der Waals surface area (Å²) < 4.78 is 12.1. The van der Waals surface area contributed by atoms with Gasteiger partial charge in [0.1, 0.15) is 0 Å². The van der Waals surface area contributed by atoms with Crippen molar-refractivity contribution in [2.75, 3.05) is 0 Å². The van der Waals surface area contributed by atoms with Gasteiger partial charge in [-0.05, 0) is 68.6 Å². The zero-order chi connectivity index (χ0) is 14.3. The molecule has 0 N–H and O–H groups in total. The molecular weight excluding hydrogens is 247 g/mol. The lowest BCUT2D eigenvalue weighted by Crippen LogP contribution is -2.35. The molecule has 2 saturated carbocycles. The topological polar surface area (TPSA) is 0 Å². The van der Waals surface area contributed by atoms with Crippen LogP contribution in [0, 0.1) is 17.3 Å². The standard InChI is InChI=1S/C19H33F/c1-2-3-13-19(14-5-4-6-15-19)18-11-9-17(10-12-18)8-7-16-20/h7,16-18H,2-6,8-15H2,1H3/b16-7+. The van der Waals surface area contributed by atoms with E-state index in [9.17, 15) is 4.39 Å². The van der Waals surface area contributed by atoms with Gasteiger partial charge in [0.25, 0.3) is 0 Å². The van der Waals surface area contributed by atoms with Crippen molar-refractivity contribution in [2.45, 2.75) is 90.4 Å². The Labute approximate surface area is 125 Å². The minimum Gasteiger partial charge on any atom is -0.216 e. The number of halogens is 1. The van der Waals surface area contributed by atoms with E-state index < -0.39 is 0 Å². The molecule has 116 valence electrons. The maximum Gasteiger partial charge on any atom is 0.0827 e. The first-order valence-electron chi connectivity index (χ1n) is 9.06. The number of hydrogen-bond donors (Lipinski definition) is 0. The van der Waals surface area contributed by atoms with Gasteiger partial charge in [-0.2, -0.15) is 0 Å². The molecule has 0 radical (unpaired) electrons. The summed E-state index contributed by atoms with van der Waals surface area (Å²) in [6.45, 7) is 2.33. The summed E-state index contributed by atoms with van der Waals surface area (Å²) in [5.74, 6) is 1.73. The first-order chi connectivity index (χ1) is 9.80. The van der Waals surface area contributed by atoms with Crippen LogP contribution in [-0.2, 0) is 0 Å². The Morgan fingerprint density at radius 3 is 2.35 bits per heavy atom. The molecule has 0 amide bonds. The maximum atomic E-state index is 12.1. The van der Waals surface area contributed by atoms with Crippen molar-refractivity contribution < 1.29 is 4.39 Å². The van der Waals surface area contributed by atoms with Gasteiger partial charge in [-0.1, -0.05) is 45.1 Å². The van der Waals surface area contributed by atoms with Gasteiger partial charge in [0.15, 0.2) is 0 Å². The summed E-state index contributed by atoms with van der Waals surface area (Å²) in [4.78, 5) is 0. The third-order valence-electron chi connectivity index (χ3n) is 6.15. The lowest BCUT2D eigenvalue weighted by molar-refractivity contribution is 0.0443. The molecule has 2 rings (SSSR count). The Morgan fingerprint density at radius 1 is 1.05 bits per heavy atom. The minimum absolute atomic E-state index is 0.690. The Kier molecular flexibility index (Phi) is 6.58. The van der Waals surface area contributed by atoms with Crippen molar-refractivity contribution in [3.63, 3.8) is 0 Å². The average molecular weight is 280 g/mol. The smallest absolute Gasteiger partial charge is 0.0827 e. The van der Waals surface area contributed by atoms with Crippen LogP contribution in [-0.4, -0.2) is 0 Å². The number of hydrogen-bond acceptors (Lipinski definition) is 0. The fourth-order valence-electron chi connectivity index (χ4n) is 4.90. The van der Waals surface area contributed by atoms with Crippen LogP contribution >= 0.6 is 0 Å². The highest BCUT2D eigenvalue weighted by molar-refractivity contribution is 4.92. The first-order valence-corrected chi connectivity index (χ1v) is 9.06. The second kappa shape index (κ2) is 8.20. The second-order valence-corrected chi connectivity index (χ2v) is 7.34. The van der Waals surface area contributed by atoms with E-state index in [2.05, 4.69) is 6.92 Å². The van der Waals surface area contributed by atoms with Crippen LogP contribution < -0.4 is 0 Å². The van der Waals surface area contributed by atoms with Crippen LogP contribution in [0.3, 0.4) is 0 Å². The number of allylic oxidation sites excluding steroid dienone is 1. The SMILES string of the molecule is CCCCC1(C2CCC(C/C=C/F)CC2)CCCCC1. The third kappa shape index (κ3) is 4.09. The van der Waals surface area contributed by atoms with Gasteiger partial charge < -0.3 is 0 Å². The molecule has 0 spiro atoms. The largest absolute Gasteiger partial charge is 0.216 e. The summed E-state index contributed by atoms with van der Waals surface area (Å²) in [5.41, 5.74) is 0.690. The van der Waals surface area contributed by atoms with E-state index in [1.807, 2.05) is 0 Å². The van der Waals surface area contributed by atoms with Crippen molar-refractivity contribution in [1.82, 2.24) is 0 Å². The molecule has 0 unspecified atom stereocenters. The Morgan fingerprint density at radius 2 is 1.75 bits per heavy atom. The lowest BCUT2D eigenvalue weighted by Gasteiger charge is -2.47. The normalized spacial score (nSPS) is 30.7. The summed E-state index contributed by atoms with van der Waals surface area (Å²) in [6.07, 6.45) is 20.5. The molecule has 20 heavy (non-hydrogen) atoms. The highest BCUT2D eigenvalue weighted by atomic mass is 19.1. The van der Waals surface area contributed by atoms with Crippen molar-refractivity contribution in [2.24, 2.45) is 17.3 Å². The minimum atomic E-state index is 0.690. The lowest BCUT2D eigenvalue weighted by atomic mass is 9.58. The fourth-order valence-corrected chi connectivity index (χ4v) is 4.90. The number of unbranched alkanes of at least 4 members (excludes halogenated alkanes) is 1. The van der Waals surface area contributed by atoms with E-state index in [1.165, 1.54) is 77.0 Å². The Balaban J connectivity index is 1.90. The number of rotatable bonds is 6. The van der Waals surface area contributed by atoms with Gasteiger partial charge in [0, 0.05) is 0 Å². The molecule has 0 bridgehead atoms. The van der Waals surface area contributed by atoms with E-state index in [1.54, 1.807) is 6.08 Å². The zero-order valence-electron chi connectivity index (χ0n) is 13.4. The van der Waals surface area contributed by atoms with E-state index >= 15 is 0 Å². The molecule has 2 aliphatic rings. The molecule has 0 aromatic heterocycles. The van der Waals surface area contributed by atoms with Gasteiger partial charge in [-0.25, -0.2) is 4.39 Å². The van der Waals surface area contributed by atoms with Crippen LogP contribution in [0.1, 0.15) is 90.4 Å². The van der Waals surface area contributed by atoms with Gasteiger partial charge >= 0.3 is 0 Å². The van der Waals surface area contributed by atoms with Crippen molar-refractivity contribution in [3.05, 3.63) is 12.4 Å². The molecule has 2 aliphatic carbocycles. The average Bonchev–Trinajstić information content (AvgIpc) is 2.52. The molecule has 0 aliphatic heterocycles. The molecule has 0 aromatic carbocycles. The molecule has 0 saturated heterocycles. The van der Waals surface area contributed by atoms with Crippen LogP contribution in [0.5, 0.6) is 0 Å². The second-order valence-electron chi connectivity index (χ2n) is 7.34. The summed E-state index contributed by atoms with van der Waals surface area (Å²) in [6, 6.07) is 0. The van der Waals surface area contributed by atoms with Crippen LogP contribution in [0.25, 0.3) is 0 Å². The third-order valence-corrected chi connectivity index (χ3v) is 6.15. The first kappa shape index (κ1) is 16.0. The highest BCUT2D eigenvalue weighted by Gasteiger charge is 2.40. The Bertz CT molecular complexity index is 280. The van der Waals surface area contributed by atoms with Gasteiger partial charge in [-0.3, -0.25) is 0 Å². The van der Waals surface area contributed by atoms with E-state index in [0.717, 1.165) is 24.6 Å². The van der Waals surface area contributed by atoms with E-state index in [-0.39, 0.29) is 0 Å². The van der Waals surface area contributed by atoms with Crippen molar-refractivity contribution in [3.8, 4) is 0 Å². The van der Waals surface area contributed by atoms with Crippen molar-refractivity contribution >= 4 is 0 Å². The predicted octanol–water partition coefficient (Wildman–Crippen LogP) is 6.81. The molecule has 0 nitrogen and oxygen atoms in total. The van der Waals surface area contributed by atoms with Crippen LogP contribution in [0.2, 0.25) is 0 Å². The summed E-state index contributed by atoms with van der Waals surface area (Å²) in [7, 11) is 0. The van der Waals surface area contributed by atoms with E-state index in [0.29, 0.717) is 5.41 Å². The van der Waals surface area contributed by atoms with Gasteiger partial charge in [-0.15, -0.1) is 0 Å². The van der Waals surface area contributed by atoms with Crippen LogP contribution in [0.4, 0.5) is 4.39 Å². The summed E-state index contributed by atoms with van der Waals surface area (Å²) in [5, 5.41) is 0. The molecule has 0 aromatic rings. The molecule has 0 heterocycles. The van der Waals surface area contributed by atoms with E-state index in [4.69, 9.17) is 0 Å². The van der Waals surface area contributed by atoms with Crippen LogP contribution in [0.15, 0.2) is 12.4 Å². The highest BCUT2D eigenvalue weighted by Crippen LogP contribution is 2.52. The summed E-state index contributed by atoms with van der Waals surface area (Å²) >= 11 is 0. The van der Waals surface area contributed by atoms with Gasteiger partial charge in [0.05, 0.1) is 6.33 Å². The monoisotopic (exact) mass is 280 g/mol. The Hall–Kier alpha value is -0.330. The molecule has 0 atom stereocenters. The molecule has 2 fully saturated rings. The van der Waals surface area contributed by atoms with Crippen molar-refractivity contribution in [1.29, 1.82) is 0 Å².